The Balaban J connectivity index is 1.93. The molecule has 3 rings (SSSR count). The van der Waals surface area contributed by atoms with Crippen molar-refractivity contribution in [3.8, 4) is 0 Å². The van der Waals surface area contributed by atoms with Gasteiger partial charge in [-0.2, -0.15) is 0 Å². The van der Waals surface area contributed by atoms with Crippen LogP contribution in [-0.2, 0) is 0 Å². The molecular weight excluding hydrogens is 350 g/mol. The molecule has 2 heterocycles. The van der Waals surface area contributed by atoms with E-state index in [1.54, 1.807) is 17.9 Å². The van der Waals surface area contributed by atoms with Crippen LogP contribution in [0.2, 0.25) is 5.02 Å². The highest BCUT2D eigenvalue weighted by atomic mass is 35.5. The molecular formula is C16H16ClN3O3S. The van der Waals surface area contributed by atoms with Gasteiger partial charge in [-0.05, 0) is 18.6 Å². The zero-order valence-electron chi connectivity index (χ0n) is 13.0. The van der Waals surface area contributed by atoms with Crippen LogP contribution in [0.25, 0.3) is 0 Å². The van der Waals surface area contributed by atoms with Crippen LogP contribution in [0.5, 0.6) is 0 Å². The van der Waals surface area contributed by atoms with Gasteiger partial charge in [0, 0.05) is 30.7 Å². The molecule has 1 N–H and O–H groups in total. The minimum atomic E-state index is -0.452. The standard InChI is InChI=1S/C16H16ClN3O3S/c1-10-13(20(22)23)8-15(24-10)16(21)19-7-6-18-9-14(19)11-4-2-3-5-12(11)17/h2-5,8,14,18H,6-7,9H2,1H3. The maximum Gasteiger partial charge on any atom is 0.283 e. The van der Waals surface area contributed by atoms with E-state index in [2.05, 4.69) is 5.32 Å². The first-order valence-corrected chi connectivity index (χ1v) is 8.69. The summed E-state index contributed by atoms with van der Waals surface area (Å²) in [5.41, 5.74) is 0.871. The van der Waals surface area contributed by atoms with Crippen molar-refractivity contribution in [2.24, 2.45) is 0 Å². The summed E-state index contributed by atoms with van der Waals surface area (Å²) in [7, 11) is 0. The van der Waals surface area contributed by atoms with Crippen molar-refractivity contribution in [1.29, 1.82) is 0 Å². The zero-order valence-corrected chi connectivity index (χ0v) is 14.6. The lowest BCUT2D eigenvalue weighted by atomic mass is 10.0. The quantitative estimate of drug-likeness (QED) is 0.668. The molecule has 1 aromatic heterocycles. The van der Waals surface area contributed by atoms with Gasteiger partial charge in [-0.1, -0.05) is 29.8 Å². The first-order chi connectivity index (χ1) is 11.5. The lowest BCUT2D eigenvalue weighted by Crippen LogP contribution is -2.48. The highest BCUT2D eigenvalue weighted by Gasteiger charge is 2.32. The Morgan fingerprint density at radius 3 is 2.88 bits per heavy atom. The largest absolute Gasteiger partial charge is 0.328 e. The van der Waals surface area contributed by atoms with Gasteiger partial charge in [-0.15, -0.1) is 11.3 Å². The van der Waals surface area contributed by atoms with Gasteiger partial charge < -0.3 is 10.2 Å². The molecule has 126 valence electrons. The number of nitro groups is 1. The molecule has 1 amide bonds. The summed E-state index contributed by atoms with van der Waals surface area (Å²) in [5, 5.41) is 14.9. The second kappa shape index (κ2) is 6.88. The summed E-state index contributed by atoms with van der Waals surface area (Å²) in [4.78, 5) is 26.2. The summed E-state index contributed by atoms with van der Waals surface area (Å²) in [6.07, 6.45) is 0. The van der Waals surface area contributed by atoms with Crippen LogP contribution in [0.3, 0.4) is 0 Å². The Labute approximate surface area is 148 Å². The van der Waals surface area contributed by atoms with E-state index in [4.69, 9.17) is 11.6 Å². The van der Waals surface area contributed by atoms with Crippen molar-refractivity contribution >= 4 is 34.5 Å². The minimum absolute atomic E-state index is 0.00669. The van der Waals surface area contributed by atoms with E-state index >= 15 is 0 Å². The first-order valence-electron chi connectivity index (χ1n) is 7.50. The second-order valence-corrected chi connectivity index (χ2v) is 7.21. The minimum Gasteiger partial charge on any atom is -0.328 e. The molecule has 1 saturated heterocycles. The van der Waals surface area contributed by atoms with Crippen molar-refractivity contribution < 1.29 is 9.72 Å². The van der Waals surface area contributed by atoms with Crippen LogP contribution >= 0.6 is 22.9 Å². The summed E-state index contributed by atoms with van der Waals surface area (Å²) < 4.78 is 0. The third-order valence-electron chi connectivity index (χ3n) is 4.07. The number of nitrogens with one attached hydrogen (secondary N) is 1. The number of nitrogens with zero attached hydrogens (tertiary/aromatic N) is 2. The maximum absolute atomic E-state index is 12.9. The summed E-state index contributed by atoms with van der Waals surface area (Å²) in [5.74, 6) is -0.192. The first kappa shape index (κ1) is 16.9. The van der Waals surface area contributed by atoms with E-state index in [-0.39, 0.29) is 17.6 Å². The molecule has 0 aliphatic carbocycles. The number of halogens is 1. The monoisotopic (exact) mass is 365 g/mol. The molecule has 0 saturated carbocycles. The van der Waals surface area contributed by atoms with Crippen molar-refractivity contribution in [3.63, 3.8) is 0 Å². The van der Waals surface area contributed by atoms with E-state index < -0.39 is 4.92 Å². The zero-order chi connectivity index (χ0) is 17.3. The molecule has 6 nitrogen and oxygen atoms in total. The van der Waals surface area contributed by atoms with Gasteiger partial charge in [0.25, 0.3) is 11.6 Å². The van der Waals surface area contributed by atoms with Gasteiger partial charge in [0.1, 0.15) is 0 Å². The number of carbonyl (C=O) groups is 1. The molecule has 1 aromatic carbocycles. The molecule has 1 unspecified atom stereocenters. The van der Waals surface area contributed by atoms with E-state index in [1.807, 2.05) is 18.2 Å². The van der Waals surface area contributed by atoms with Crippen LogP contribution in [0.15, 0.2) is 30.3 Å². The number of hydrogen-bond acceptors (Lipinski definition) is 5. The Kier molecular flexibility index (Phi) is 4.84. The van der Waals surface area contributed by atoms with Gasteiger partial charge in [-0.3, -0.25) is 14.9 Å². The van der Waals surface area contributed by atoms with E-state index in [0.717, 1.165) is 16.9 Å². The highest BCUT2D eigenvalue weighted by Crippen LogP contribution is 2.33. The lowest BCUT2D eigenvalue weighted by Gasteiger charge is -2.36. The average molecular weight is 366 g/mol. The summed E-state index contributed by atoms with van der Waals surface area (Å²) >= 11 is 7.45. The second-order valence-electron chi connectivity index (χ2n) is 5.55. The number of aryl methyl sites for hydroxylation is 1. The molecule has 8 heteroatoms. The van der Waals surface area contributed by atoms with Crippen molar-refractivity contribution in [3.05, 3.63) is 60.8 Å². The van der Waals surface area contributed by atoms with E-state index in [0.29, 0.717) is 34.4 Å². The van der Waals surface area contributed by atoms with E-state index in [1.165, 1.54) is 6.07 Å². The Hall–Kier alpha value is -1.96. The average Bonchev–Trinajstić information content (AvgIpc) is 2.97. The topological polar surface area (TPSA) is 75.5 Å². The summed E-state index contributed by atoms with van der Waals surface area (Å²) in [6.45, 7) is 3.46. The number of hydrogen-bond donors (Lipinski definition) is 1. The van der Waals surface area contributed by atoms with Crippen molar-refractivity contribution in [2.45, 2.75) is 13.0 Å². The number of amides is 1. The van der Waals surface area contributed by atoms with Crippen LogP contribution < -0.4 is 5.32 Å². The van der Waals surface area contributed by atoms with Gasteiger partial charge in [0.2, 0.25) is 0 Å². The molecule has 1 aliphatic rings. The van der Waals surface area contributed by atoms with Gasteiger partial charge >= 0.3 is 0 Å². The third kappa shape index (κ3) is 3.15. The van der Waals surface area contributed by atoms with Crippen LogP contribution in [0, 0.1) is 17.0 Å². The Bertz CT molecular complexity index is 793. The predicted octanol–water partition coefficient (Wildman–Crippen LogP) is 3.40. The fourth-order valence-electron chi connectivity index (χ4n) is 2.87. The molecule has 1 aliphatic heterocycles. The predicted molar refractivity (Wildman–Crippen MR) is 93.8 cm³/mol. The normalized spacial score (nSPS) is 17.8. The number of carbonyl (C=O) groups excluding carboxylic acids is 1. The van der Waals surface area contributed by atoms with Crippen molar-refractivity contribution in [1.82, 2.24) is 10.2 Å². The fourth-order valence-corrected chi connectivity index (χ4v) is 4.08. The van der Waals surface area contributed by atoms with Gasteiger partial charge in [0.15, 0.2) is 0 Å². The Morgan fingerprint density at radius 2 is 2.21 bits per heavy atom. The molecule has 0 bridgehead atoms. The highest BCUT2D eigenvalue weighted by molar-refractivity contribution is 7.14. The molecule has 24 heavy (non-hydrogen) atoms. The molecule has 1 fully saturated rings. The van der Waals surface area contributed by atoms with Gasteiger partial charge in [-0.25, -0.2) is 0 Å². The smallest absolute Gasteiger partial charge is 0.283 e. The molecule has 0 spiro atoms. The van der Waals surface area contributed by atoms with Gasteiger partial charge in [0.05, 0.1) is 20.7 Å². The van der Waals surface area contributed by atoms with Crippen LogP contribution in [0.1, 0.15) is 26.2 Å². The van der Waals surface area contributed by atoms with Crippen molar-refractivity contribution in [2.75, 3.05) is 19.6 Å². The lowest BCUT2D eigenvalue weighted by molar-refractivity contribution is -0.385. The molecule has 2 aromatic rings. The number of benzene rings is 1. The van der Waals surface area contributed by atoms with E-state index in [9.17, 15) is 14.9 Å². The summed E-state index contributed by atoms with van der Waals surface area (Å²) in [6, 6.07) is 8.62. The molecule has 0 radical (unpaired) electrons. The number of thiophene rings is 1. The van der Waals surface area contributed by atoms with Crippen LogP contribution in [-0.4, -0.2) is 35.4 Å². The maximum atomic E-state index is 12.9. The number of piperazine rings is 1. The Morgan fingerprint density at radius 1 is 1.46 bits per heavy atom. The SMILES string of the molecule is Cc1sc(C(=O)N2CCNCC2c2ccccc2Cl)cc1[N+](=O)[O-]. The molecule has 1 atom stereocenters. The number of rotatable bonds is 3. The van der Waals surface area contributed by atoms with Crippen LogP contribution in [0.4, 0.5) is 5.69 Å². The third-order valence-corrected chi connectivity index (χ3v) is 5.44. The fraction of sp³-hybridized carbons (Fsp3) is 0.312.